The van der Waals surface area contributed by atoms with Crippen molar-refractivity contribution in [2.24, 2.45) is 16.7 Å². The van der Waals surface area contributed by atoms with Crippen LogP contribution in [0.25, 0.3) is 0 Å². The van der Waals surface area contributed by atoms with Crippen LogP contribution in [-0.4, -0.2) is 97.3 Å². The van der Waals surface area contributed by atoms with Crippen molar-refractivity contribution in [3.8, 4) is 0 Å². The lowest BCUT2D eigenvalue weighted by Gasteiger charge is -2.49. The number of likely N-dealkylation sites (tertiary alicyclic amines) is 1. The first kappa shape index (κ1) is 30.8. The normalized spacial score (nSPS) is 27.2. The lowest BCUT2D eigenvalue weighted by atomic mass is 9.71. The monoisotopic (exact) mass is 640 g/mol. The summed E-state index contributed by atoms with van der Waals surface area (Å²) in [5.74, 6) is -1.92. The summed E-state index contributed by atoms with van der Waals surface area (Å²) in [7, 11) is 1.48. The molecular formula is C28H35F3N6O6S. The topological polar surface area (TPSA) is 139 Å². The predicted molar refractivity (Wildman–Crippen MR) is 150 cm³/mol. The Kier molecular flexibility index (Phi) is 8.11. The van der Waals surface area contributed by atoms with Crippen molar-refractivity contribution in [1.82, 2.24) is 25.5 Å². The number of carbonyl (C=O) groups excluding carboxylic acids is 3. The Morgan fingerprint density at radius 2 is 1.98 bits per heavy atom. The molecule has 1 saturated carbocycles. The zero-order valence-electron chi connectivity index (χ0n) is 24.4. The molecule has 6 heterocycles. The first-order valence-corrected chi connectivity index (χ1v) is 15.5. The van der Waals surface area contributed by atoms with E-state index < -0.39 is 47.2 Å². The highest BCUT2D eigenvalue weighted by Gasteiger charge is 2.59. The number of nitrogens with zero attached hydrogens (tertiary/aromatic N) is 4. The van der Waals surface area contributed by atoms with Gasteiger partial charge in [-0.25, -0.2) is 0 Å². The second kappa shape index (κ2) is 11.6. The summed E-state index contributed by atoms with van der Waals surface area (Å²) >= 11 is 1.18. The van der Waals surface area contributed by atoms with Crippen LogP contribution in [0.5, 0.6) is 0 Å². The van der Waals surface area contributed by atoms with Gasteiger partial charge in [-0.3, -0.25) is 19.4 Å². The minimum Gasteiger partial charge on any atom is -0.431 e. The van der Waals surface area contributed by atoms with Crippen molar-refractivity contribution in [3.63, 3.8) is 0 Å². The van der Waals surface area contributed by atoms with Crippen LogP contribution in [0, 0.1) is 16.7 Å². The SMILES string of the molecule is CNC(=O)[C@@H](NC(=O)[C@@H]1CN(C(=O)c2cncs2)CC12CN(c1nc(C(F)(F)F)co1)C2)[C@@H](C)OCC12CCC(CC1)OC2. The number of alkyl halides is 3. The summed E-state index contributed by atoms with van der Waals surface area (Å²) in [6.45, 7) is 3.27. The second-order valence-electron chi connectivity index (χ2n) is 12.5. The van der Waals surface area contributed by atoms with Crippen LogP contribution in [0.15, 0.2) is 22.4 Å². The summed E-state index contributed by atoms with van der Waals surface area (Å²) in [4.78, 5) is 51.2. The van der Waals surface area contributed by atoms with E-state index in [1.807, 2.05) is 0 Å². The van der Waals surface area contributed by atoms with Gasteiger partial charge in [0.2, 0.25) is 11.8 Å². The van der Waals surface area contributed by atoms with Crippen molar-refractivity contribution < 1.29 is 41.4 Å². The zero-order chi connectivity index (χ0) is 31.3. The molecule has 5 fully saturated rings. The van der Waals surface area contributed by atoms with Crippen LogP contribution in [0.3, 0.4) is 0 Å². The van der Waals surface area contributed by atoms with Gasteiger partial charge in [0, 0.05) is 44.1 Å². The predicted octanol–water partition coefficient (Wildman–Crippen LogP) is 2.32. The van der Waals surface area contributed by atoms with Gasteiger partial charge in [0.25, 0.3) is 11.9 Å². The molecular weight excluding hydrogens is 605 g/mol. The highest BCUT2D eigenvalue weighted by atomic mass is 32.1. The van der Waals surface area contributed by atoms with Gasteiger partial charge in [-0.05, 0) is 32.6 Å². The van der Waals surface area contributed by atoms with Gasteiger partial charge in [0.1, 0.15) is 17.2 Å². The molecule has 2 aromatic heterocycles. The number of hydrogen-bond acceptors (Lipinski definition) is 10. The summed E-state index contributed by atoms with van der Waals surface area (Å²) in [5, 5.41) is 5.47. The highest BCUT2D eigenvalue weighted by molar-refractivity contribution is 7.11. The Morgan fingerprint density at radius 1 is 1.23 bits per heavy atom. The molecule has 5 aliphatic rings. The number of rotatable bonds is 9. The lowest BCUT2D eigenvalue weighted by molar-refractivity contribution is -0.155. The van der Waals surface area contributed by atoms with Crippen LogP contribution in [0.1, 0.15) is 48.0 Å². The number of aromatic nitrogens is 2. The minimum atomic E-state index is -4.66. The Morgan fingerprint density at radius 3 is 2.57 bits per heavy atom. The molecule has 4 aliphatic heterocycles. The molecule has 0 unspecified atom stereocenters. The number of carbonyl (C=O) groups is 3. The standard InChI is InChI=1S/C28H35F3N6O6S/c1-16(42-13-26-5-3-17(4-6-26)43-14-26)21(23(39)32-2)35-22(38)18-8-36(24(40)19-7-33-15-44-19)10-27(18)11-37(12-27)25-34-20(9-41-25)28(29,30)31/h7,9,15-18,21H,3-6,8,10-14H2,1-2H3,(H,32,39)(H,35,38)/t16-,17?,18+,21+,26?/m1/s1. The summed E-state index contributed by atoms with van der Waals surface area (Å²) in [6, 6.07) is -1.22. The van der Waals surface area contributed by atoms with E-state index in [4.69, 9.17) is 13.9 Å². The maximum atomic E-state index is 13.9. The van der Waals surface area contributed by atoms with E-state index in [1.54, 1.807) is 11.8 Å². The van der Waals surface area contributed by atoms with Gasteiger partial charge in [0.05, 0.1) is 43.0 Å². The number of nitrogens with one attached hydrogen (secondary N) is 2. The largest absolute Gasteiger partial charge is 0.436 e. The molecule has 12 nitrogen and oxygen atoms in total. The maximum Gasteiger partial charge on any atom is 0.436 e. The molecule has 1 aliphatic carbocycles. The van der Waals surface area contributed by atoms with Crippen LogP contribution in [0.2, 0.25) is 0 Å². The molecule has 3 atom stereocenters. The molecule has 1 spiro atoms. The molecule has 2 bridgehead atoms. The van der Waals surface area contributed by atoms with Gasteiger partial charge < -0.3 is 34.3 Å². The van der Waals surface area contributed by atoms with Gasteiger partial charge >= 0.3 is 6.18 Å². The van der Waals surface area contributed by atoms with Crippen molar-refractivity contribution >= 4 is 35.1 Å². The average Bonchev–Trinajstić information content (AvgIpc) is 3.78. The second-order valence-corrected chi connectivity index (χ2v) is 13.3. The number of likely N-dealkylation sites (N-methyl/N-ethyl adjacent to an activating group) is 1. The average molecular weight is 641 g/mol. The van der Waals surface area contributed by atoms with Crippen LogP contribution in [0.4, 0.5) is 19.2 Å². The van der Waals surface area contributed by atoms with Gasteiger partial charge in [0.15, 0.2) is 5.69 Å². The van der Waals surface area contributed by atoms with Crippen LogP contribution < -0.4 is 15.5 Å². The zero-order valence-corrected chi connectivity index (χ0v) is 25.2. The lowest BCUT2D eigenvalue weighted by Crippen LogP contribution is -2.64. The van der Waals surface area contributed by atoms with Gasteiger partial charge in [-0.15, -0.1) is 11.3 Å². The molecule has 0 aromatic carbocycles. The summed E-state index contributed by atoms with van der Waals surface area (Å²) in [6.07, 6.45) is 0.939. The van der Waals surface area contributed by atoms with Crippen LogP contribution in [-0.2, 0) is 25.2 Å². The van der Waals surface area contributed by atoms with E-state index in [9.17, 15) is 27.6 Å². The number of amides is 3. The smallest absolute Gasteiger partial charge is 0.431 e. The van der Waals surface area contributed by atoms with E-state index in [1.165, 1.54) is 35.0 Å². The third-order valence-electron chi connectivity index (χ3n) is 9.53. The third-order valence-corrected chi connectivity index (χ3v) is 10.3. The number of fused-ring (bicyclic) bond motifs is 3. The number of halogens is 3. The first-order chi connectivity index (χ1) is 20.9. The molecule has 2 aromatic rings. The van der Waals surface area contributed by atoms with Crippen molar-refractivity contribution in [2.75, 3.05) is 51.3 Å². The number of hydrogen-bond donors (Lipinski definition) is 2. The third kappa shape index (κ3) is 5.78. The van der Waals surface area contributed by atoms with E-state index in [-0.39, 0.29) is 43.5 Å². The number of oxazole rings is 1. The number of anilines is 1. The minimum absolute atomic E-state index is 0.0626. The quantitative estimate of drug-likeness (QED) is 0.423. The molecule has 2 N–H and O–H groups in total. The van der Waals surface area contributed by atoms with Crippen molar-refractivity contribution in [3.05, 3.63) is 28.5 Å². The molecule has 240 valence electrons. The molecule has 16 heteroatoms. The Hall–Kier alpha value is -3.24. The molecule has 7 rings (SSSR count). The van der Waals surface area contributed by atoms with Crippen molar-refractivity contribution in [2.45, 2.75) is 57.0 Å². The summed E-state index contributed by atoms with van der Waals surface area (Å²) in [5.41, 5.74) is -0.513. The fourth-order valence-corrected chi connectivity index (χ4v) is 7.46. The molecule has 3 amide bonds. The number of thiazole rings is 1. The Labute approximate surface area is 255 Å². The molecule has 4 saturated heterocycles. The Balaban J connectivity index is 1.17. The number of ether oxygens (including phenoxy) is 2. The fourth-order valence-electron chi connectivity index (χ4n) is 6.88. The first-order valence-electron chi connectivity index (χ1n) is 14.6. The summed E-state index contributed by atoms with van der Waals surface area (Å²) < 4.78 is 56.5. The van der Waals surface area contributed by atoms with Gasteiger partial charge in [-0.1, -0.05) is 0 Å². The molecule has 0 radical (unpaired) electrons. The van der Waals surface area contributed by atoms with E-state index >= 15 is 0 Å². The van der Waals surface area contributed by atoms with E-state index in [0.717, 1.165) is 25.7 Å². The molecule has 44 heavy (non-hydrogen) atoms. The van der Waals surface area contributed by atoms with Crippen LogP contribution >= 0.6 is 11.3 Å². The van der Waals surface area contributed by atoms with Gasteiger partial charge in [-0.2, -0.15) is 18.2 Å². The highest BCUT2D eigenvalue weighted by Crippen LogP contribution is 2.47. The van der Waals surface area contributed by atoms with Crippen molar-refractivity contribution in [1.29, 1.82) is 0 Å². The van der Waals surface area contributed by atoms with E-state index in [2.05, 4.69) is 20.6 Å². The Bertz CT molecular complexity index is 1360. The fraction of sp³-hybridized carbons (Fsp3) is 0.679. The van der Waals surface area contributed by atoms with E-state index in [0.29, 0.717) is 30.5 Å². The maximum absolute atomic E-state index is 13.9.